The summed E-state index contributed by atoms with van der Waals surface area (Å²) < 4.78 is 36.7. The fourth-order valence-corrected chi connectivity index (χ4v) is 1.84. The fraction of sp³-hybridized carbons (Fsp3) is 0.500. The van der Waals surface area contributed by atoms with Crippen LogP contribution in [0.15, 0.2) is 18.2 Å². The van der Waals surface area contributed by atoms with Gasteiger partial charge in [-0.15, -0.1) is 6.61 Å². The molecule has 2 aliphatic rings. The second-order valence-corrected chi connectivity index (χ2v) is 4.97. The molecule has 2 heterocycles. The van der Waals surface area contributed by atoms with Gasteiger partial charge in [0.2, 0.25) is 5.85 Å². The van der Waals surface area contributed by atoms with E-state index in [2.05, 4.69) is 0 Å². The number of halogens is 1. The monoisotopic (exact) mass is 291 g/mol. The minimum Gasteiger partial charge on any atom is -0.660 e. The second kappa shape index (κ2) is 6.09. The Bertz CT molecular complexity index is 505. The largest absolute Gasteiger partial charge is 1.00 e. The minimum atomic E-state index is -1.63. The molecule has 0 saturated carbocycles. The van der Waals surface area contributed by atoms with Crippen LogP contribution in [0.3, 0.4) is 0 Å². The van der Waals surface area contributed by atoms with E-state index in [0.29, 0.717) is 11.8 Å². The first-order valence-electron chi connectivity index (χ1n) is 6.54. The number of hydrogen-bond acceptors (Lipinski definition) is 3. The number of rotatable bonds is 5. The maximum absolute atomic E-state index is 13.3. The molecule has 0 radical (unpaired) electrons. The molecule has 0 bridgehead atoms. The number of epoxide rings is 2. The maximum atomic E-state index is 13.3. The molecule has 2 fully saturated rings. The molecule has 1 aromatic rings. The van der Waals surface area contributed by atoms with Crippen molar-refractivity contribution in [3.8, 4) is 5.75 Å². The van der Waals surface area contributed by atoms with E-state index in [9.17, 15) is 4.39 Å². The summed E-state index contributed by atoms with van der Waals surface area (Å²) in [6, 6.07) is 4.00. The molecular formula is C14H16FKO3. The molecule has 0 spiro atoms. The molecule has 0 aliphatic carbocycles. The number of aryl methyl sites for hydroxylation is 1. The van der Waals surface area contributed by atoms with E-state index in [-0.39, 0.29) is 57.5 Å². The van der Waals surface area contributed by atoms with Gasteiger partial charge in [0.25, 0.3) is 0 Å². The Labute approximate surface area is 156 Å². The van der Waals surface area contributed by atoms with E-state index >= 15 is 0 Å². The van der Waals surface area contributed by atoms with Crippen LogP contribution in [0.2, 0.25) is 0 Å². The zero-order chi connectivity index (χ0) is 13.6. The normalized spacial score (nSPS) is 32.3. The van der Waals surface area contributed by atoms with E-state index < -0.39 is 12.0 Å². The maximum Gasteiger partial charge on any atom is 1.00 e. The Morgan fingerprint density at radius 1 is 1.68 bits per heavy atom. The van der Waals surface area contributed by atoms with Gasteiger partial charge >= 0.3 is 51.4 Å². The Kier molecular flexibility index (Phi) is 4.63. The molecule has 2 saturated heterocycles. The van der Waals surface area contributed by atoms with Gasteiger partial charge in [0.05, 0.1) is 19.8 Å². The van der Waals surface area contributed by atoms with E-state index in [1.807, 2.05) is 13.0 Å². The van der Waals surface area contributed by atoms with Crippen molar-refractivity contribution in [1.82, 2.24) is 0 Å². The first kappa shape index (κ1) is 14.4. The van der Waals surface area contributed by atoms with Gasteiger partial charge in [0.1, 0.15) is 0 Å². The summed E-state index contributed by atoms with van der Waals surface area (Å²) in [5.41, 5.74) is 1.93. The Hall–Kier alpha value is 0.506. The molecule has 0 N–H and O–H groups in total. The van der Waals surface area contributed by atoms with Gasteiger partial charge in [-0.25, -0.2) is 4.39 Å². The van der Waals surface area contributed by atoms with Crippen LogP contribution in [0.25, 0.3) is 0 Å². The second-order valence-electron chi connectivity index (χ2n) is 4.97. The summed E-state index contributed by atoms with van der Waals surface area (Å²) >= 11 is 0. The van der Waals surface area contributed by atoms with Crippen LogP contribution in [-0.4, -0.2) is 24.7 Å². The molecule has 2 aliphatic heterocycles. The van der Waals surface area contributed by atoms with Gasteiger partial charge in [-0.3, -0.25) is 0 Å². The van der Waals surface area contributed by atoms with Gasteiger partial charge in [0.15, 0.2) is 0 Å². The summed E-state index contributed by atoms with van der Waals surface area (Å²) in [6.07, 6.45) is 0.278. The van der Waals surface area contributed by atoms with Gasteiger partial charge in [-0.05, 0) is 25.5 Å². The molecule has 3 unspecified atom stereocenters. The van der Waals surface area contributed by atoms with E-state index in [0.717, 1.165) is 24.2 Å². The van der Waals surface area contributed by atoms with Crippen molar-refractivity contribution < 1.29 is 71.4 Å². The first-order chi connectivity index (χ1) is 8.95. The Balaban J connectivity index is 0.00000147. The van der Waals surface area contributed by atoms with Crippen LogP contribution in [0.4, 0.5) is 4.39 Å². The average molecular weight is 291 g/mol. The standard InChI is InChI=1S/C14H16FO3.K/c1-9-3-4-12(10(5-9)6-11-7-16-11)17-8-13-14(2,15)18-13;/h3-5,8,11,13H,6-7H2,1-2H3;/q-1;+1/i4D;. The smallest absolute Gasteiger partial charge is 0.660 e. The quantitative estimate of drug-likeness (QED) is 0.419. The van der Waals surface area contributed by atoms with Crippen LogP contribution in [0.5, 0.6) is 5.75 Å². The summed E-state index contributed by atoms with van der Waals surface area (Å²) in [5, 5.41) is 0. The van der Waals surface area contributed by atoms with Crippen LogP contribution in [-0.2, 0) is 15.9 Å². The van der Waals surface area contributed by atoms with E-state index in [4.69, 9.17) is 15.6 Å². The van der Waals surface area contributed by atoms with Crippen LogP contribution in [0.1, 0.15) is 19.4 Å². The Morgan fingerprint density at radius 3 is 2.95 bits per heavy atom. The fourth-order valence-electron chi connectivity index (χ4n) is 1.84. The van der Waals surface area contributed by atoms with Gasteiger partial charge in [-0.1, -0.05) is 17.7 Å². The van der Waals surface area contributed by atoms with Crippen molar-refractivity contribution in [2.45, 2.75) is 38.3 Å². The zero-order valence-electron chi connectivity index (χ0n) is 12.4. The molecule has 0 aromatic heterocycles. The molecule has 3 atom stereocenters. The topological polar surface area (TPSA) is 34.3 Å². The third-order valence-electron chi connectivity index (χ3n) is 3.09. The van der Waals surface area contributed by atoms with Crippen LogP contribution < -0.4 is 56.1 Å². The molecule has 3 rings (SSSR count). The molecular weight excluding hydrogens is 274 g/mol. The van der Waals surface area contributed by atoms with Crippen molar-refractivity contribution in [3.05, 3.63) is 35.9 Å². The predicted molar refractivity (Wildman–Crippen MR) is 63.9 cm³/mol. The minimum absolute atomic E-state index is 0. The number of hydrogen-bond donors (Lipinski definition) is 0. The van der Waals surface area contributed by atoms with Crippen LogP contribution in [0, 0.1) is 13.5 Å². The third-order valence-corrected chi connectivity index (χ3v) is 3.09. The molecule has 5 heteroatoms. The Morgan fingerprint density at radius 2 is 2.37 bits per heavy atom. The van der Waals surface area contributed by atoms with Crippen molar-refractivity contribution in [2.24, 2.45) is 0 Å². The molecule has 19 heavy (non-hydrogen) atoms. The van der Waals surface area contributed by atoms with E-state index in [1.54, 1.807) is 6.07 Å². The zero-order valence-corrected chi connectivity index (χ0v) is 14.5. The molecule has 98 valence electrons. The van der Waals surface area contributed by atoms with Gasteiger partial charge in [-0.2, -0.15) is 0 Å². The number of ether oxygens (including phenoxy) is 3. The van der Waals surface area contributed by atoms with Crippen molar-refractivity contribution in [2.75, 3.05) is 6.61 Å². The molecule has 3 nitrogen and oxygen atoms in total. The first-order valence-corrected chi connectivity index (χ1v) is 6.04. The van der Waals surface area contributed by atoms with E-state index in [1.165, 1.54) is 13.5 Å². The van der Waals surface area contributed by atoms with Crippen molar-refractivity contribution >= 4 is 0 Å². The van der Waals surface area contributed by atoms with Crippen molar-refractivity contribution in [3.63, 3.8) is 0 Å². The third kappa shape index (κ3) is 4.23. The molecule has 1 aromatic carbocycles. The summed E-state index contributed by atoms with van der Waals surface area (Å²) in [6.45, 7) is 5.36. The van der Waals surface area contributed by atoms with Crippen molar-refractivity contribution in [1.29, 1.82) is 0 Å². The molecule has 0 amide bonds. The summed E-state index contributed by atoms with van der Waals surface area (Å²) in [7, 11) is 0. The van der Waals surface area contributed by atoms with Gasteiger partial charge in [0, 0.05) is 12.5 Å². The summed E-state index contributed by atoms with van der Waals surface area (Å²) in [5.74, 6) is -1.17. The van der Waals surface area contributed by atoms with Crippen LogP contribution >= 0.6 is 0 Å². The SMILES string of the molecule is [2H]c1cc(C)cc(CC2CO2)c1O[CH-]C1OC1(C)F.[K+]. The number of alkyl halides is 1. The number of benzene rings is 1. The average Bonchev–Trinajstić information content (AvgIpc) is 3.18. The van der Waals surface area contributed by atoms with Gasteiger partial charge < -0.3 is 14.2 Å². The predicted octanol–water partition coefficient (Wildman–Crippen LogP) is -0.435. The summed E-state index contributed by atoms with van der Waals surface area (Å²) in [4.78, 5) is 0.